The van der Waals surface area contributed by atoms with E-state index in [0.29, 0.717) is 65.3 Å². The summed E-state index contributed by atoms with van der Waals surface area (Å²) in [4.78, 5) is 14.1. The number of ether oxygens (including phenoxy) is 1. The zero-order chi connectivity index (χ0) is 19.1. The van der Waals surface area contributed by atoms with Gasteiger partial charge in [-0.25, -0.2) is 0 Å². The third kappa shape index (κ3) is 5.51. The van der Waals surface area contributed by atoms with Crippen LogP contribution in [0.15, 0.2) is 30.3 Å². The molecule has 0 spiro atoms. The van der Waals surface area contributed by atoms with E-state index in [4.69, 9.17) is 4.74 Å². The van der Waals surface area contributed by atoms with Crippen LogP contribution in [0.5, 0.6) is 0 Å². The molecule has 2 heterocycles. The average Bonchev–Trinajstić information content (AvgIpc) is 3.24. The van der Waals surface area contributed by atoms with Crippen LogP contribution in [0.2, 0.25) is 0 Å². The monoisotopic (exact) mass is 395 g/mol. The highest BCUT2D eigenvalue weighted by molar-refractivity contribution is 7.86. The van der Waals surface area contributed by atoms with Crippen LogP contribution in [0.4, 0.5) is 0 Å². The zero-order valence-electron chi connectivity index (χ0n) is 15.8. The summed E-state index contributed by atoms with van der Waals surface area (Å²) >= 11 is 0. The van der Waals surface area contributed by atoms with Gasteiger partial charge in [0.05, 0.1) is 6.61 Å². The van der Waals surface area contributed by atoms with Crippen molar-refractivity contribution in [2.75, 3.05) is 45.9 Å². The molecule has 1 aromatic rings. The Bertz CT molecular complexity index is 697. The highest BCUT2D eigenvalue weighted by Gasteiger charge is 2.34. The van der Waals surface area contributed by atoms with Gasteiger partial charge < -0.3 is 9.64 Å². The first-order chi connectivity index (χ1) is 13.1. The van der Waals surface area contributed by atoms with Crippen molar-refractivity contribution in [3.05, 3.63) is 35.9 Å². The Morgan fingerprint density at radius 1 is 0.926 bits per heavy atom. The van der Waals surface area contributed by atoms with Crippen molar-refractivity contribution < 1.29 is 17.9 Å². The number of carbonyl (C=O) groups is 1. The van der Waals surface area contributed by atoms with Crippen molar-refractivity contribution in [1.82, 2.24) is 13.5 Å². The summed E-state index contributed by atoms with van der Waals surface area (Å²) in [5.74, 6) is 0.0801. The Hall–Kier alpha value is -1.48. The van der Waals surface area contributed by atoms with Crippen molar-refractivity contribution in [3.8, 4) is 0 Å². The van der Waals surface area contributed by atoms with Crippen LogP contribution in [0.3, 0.4) is 0 Å². The number of carbonyl (C=O) groups excluding carboxylic acids is 1. The molecule has 8 heteroatoms. The molecule has 150 valence electrons. The molecule has 1 amide bonds. The second kappa shape index (κ2) is 9.64. The average molecular weight is 396 g/mol. The Morgan fingerprint density at radius 3 is 2.22 bits per heavy atom. The molecule has 7 nitrogen and oxygen atoms in total. The van der Waals surface area contributed by atoms with E-state index >= 15 is 0 Å². The van der Waals surface area contributed by atoms with Crippen molar-refractivity contribution >= 4 is 16.1 Å². The first-order valence-corrected chi connectivity index (χ1v) is 11.1. The quantitative estimate of drug-likeness (QED) is 0.625. The molecule has 0 aromatic heterocycles. The fourth-order valence-electron chi connectivity index (χ4n) is 3.50. The first-order valence-electron chi connectivity index (χ1n) is 9.72. The van der Waals surface area contributed by atoms with E-state index in [2.05, 4.69) is 0 Å². The van der Waals surface area contributed by atoms with Gasteiger partial charge in [-0.1, -0.05) is 30.3 Å². The predicted molar refractivity (Wildman–Crippen MR) is 103 cm³/mol. The fraction of sp³-hybridized carbons (Fsp3) is 0.632. The van der Waals surface area contributed by atoms with Crippen LogP contribution in [-0.2, 0) is 26.3 Å². The molecule has 27 heavy (non-hydrogen) atoms. The van der Waals surface area contributed by atoms with E-state index in [1.165, 1.54) is 4.31 Å². The summed E-state index contributed by atoms with van der Waals surface area (Å²) in [7, 11) is -3.35. The standard InChI is InChI=1S/C19H29N3O4S/c23-19(9-6-16-26-17-18-7-2-1-3-8-18)20-12-14-22(15-13-20)27(24,25)21-10-4-5-11-21/h1-3,7-8H,4-6,9-17H2. The summed E-state index contributed by atoms with van der Waals surface area (Å²) in [6.45, 7) is 4.04. The first kappa shape index (κ1) is 20.3. The summed E-state index contributed by atoms with van der Waals surface area (Å²) in [5, 5.41) is 0. The number of hydrogen-bond donors (Lipinski definition) is 0. The molecule has 0 saturated carbocycles. The number of hydrogen-bond acceptors (Lipinski definition) is 4. The number of benzene rings is 1. The minimum atomic E-state index is -3.35. The number of rotatable bonds is 8. The second-order valence-corrected chi connectivity index (χ2v) is 8.96. The summed E-state index contributed by atoms with van der Waals surface area (Å²) < 4.78 is 33.8. The van der Waals surface area contributed by atoms with Crippen molar-refractivity contribution in [2.24, 2.45) is 0 Å². The molecule has 0 bridgehead atoms. The van der Waals surface area contributed by atoms with Gasteiger partial charge >= 0.3 is 0 Å². The maximum atomic E-state index is 12.6. The molecule has 2 saturated heterocycles. The highest BCUT2D eigenvalue weighted by atomic mass is 32.2. The van der Waals surface area contributed by atoms with Gasteiger partial charge in [-0.15, -0.1) is 0 Å². The molecule has 1 aromatic carbocycles. The van der Waals surface area contributed by atoms with Crippen LogP contribution >= 0.6 is 0 Å². The summed E-state index contributed by atoms with van der Waals surface area (Å²) in [6, 6.07) is 9.96. The third-order valence-corrected chi connectivity index (χ3v) is 7.14. The number of amides is 1. The van der Waals surface area contributed by atoms with Crippen molar-refractivity contribution in [3.63, 3.8) is 0 Å². The molecule has 0 unspecified atom stereocenters. The Kier molecular flexibility index (Phi) is 7.23. The normalized spacial score (nSPS) is 19.5. The molecule has 2 fully saturated rings. The second-order valence-electron chi connectivity index (χ2n) is 7.04. The molecule has 0 aliphatic carbocycles. The van der Waals surface area contributed by atoms with E-state index in [9.17, 15) is 13.2 Å². The Morgan fingerprint density at radius 2 is 1.56 bits per heavy atom. The SMILES string of the molecule is O=C(CCCOCc1ccccc1)N1CCN(S(=O)(=O)N2CCCC2)CC1. The van der Waals surface area contributed by atoms with E-state index in [1.54, 1.807) is 9.21 Å². The lowest BCUT2D eigenvalue weighted by Gasteiger charge is -2.35. The van der Waals surface area contributed by atoms with E-state index in [1.807, 2.05) is 30.3 Å². The van der Waals surface area contributed by atoms with E-state index < -0.39 is 10.2 Å². The topological polar surface area (TPSA) is 70.2 Å². The molecule has 2 aliphatic heterocycles. The number of nitrogens with zero attached hydrogens (tertiary/aromatic N) is 3. The van der Waals surface area contributed by atoms with Gasteiger partial charge in [-0.2, -0.15) is 17.0 Å². The van der Waals surface area contributed by atoms with Crippen LogP contribution in [0.25, 0.3) is 0 Å². The lowest BCUT2D eigenvalue weighted by atomic mass is 10.2. The fourth-order valence-corrected chi connectivity index (χ4v) is 5.17. The van der Waals surface area contributed by atoms with Gasteiger partial charge in [0.15, 0.2) is 0 Å². The van der Waals surface area contributed by atoms with E-state index in [-0.39, 0.29) is 5.91 Å². The Labute approximate surface area is 162 Å². The molecular weight excluding hydrogens is 366 g/mol. The van der Waals surface area contributed by atoms with E-state index in [0.717, 1.165) is 18.4 Å². The van der Waals surface area contributed by atoms with Gasteiger partial charge in [0.2, 0.25) is 5.91 Å². The molecule has 2 aliphatic rings. The minimum Gasteiger partial charge on any atom is -0.377 e. The van der Waals surface area contributed by atoms with Crippen LogP contribution in [0, 0.1) is 0 Å². The summed E-state index contributed by atoms with van der Waals surface area (Å²) in [6.07, 6.45) is 2.99. The largest absolute Gasteiger partial charge is 0.377 e. The lowest BCUT2D eigenvalue weighted by Crippen LogP contribution is -2.53. The molecule has 0 N–H and O–H groups in total. The number of piperazine rings is 1. The molecule has 0 atom stereocenters. The van der Waals surface area contributed by atoms with Gasteiger partial charge in [0, 0.05) is 52.3 Å². The predicted octanol–water partition coefficient (Wildman–Crippen LogP) is 1.47. The van der Waals surface area contributed by atoms with Crippen molar-refractivity contribution in [1.29, 1.82) is 0 Å². The smallest absolute Gasteiger partial charge is 0.282 e. The molecule has 3 rings (SSSR count). The van der Waals surface area contributed by atoms with Crippen LogP contribution in [-0.4, -0.2) is 73.7 Å². The Balaban J connectivity index is 1.33. The molecular formula is C19H29N3O4S. The third-order valence-electron chi connectivity index (χ3n) is 5.10. The van der Waals surface area contributed by atoms with Crippen LogP contribution < -0.4 is 0 Å². The van der Waals surface area contributed by atoms with Crippen LogP contribution in [0.1, 0.15) is 31.2 Å². The molecule has 0 radical (unpaired) electrons. The van der Waals surface area contributed by atoms with Gasteiger partial charge in [0.25, 0.3) is 10.2 Å². The van der Waals surface area contributed by atoms with Gasteiger partial charge in [-0.05, 0) is 24.8 Å². The maximum Gasteiger partial charge on any atom is 0.282 e. The van der Waals surface area contributed by atoms with Gasteiger partial charge in [0.1, 0.15) is 0 Å². The minimum absolute atomic E-state index is 0.0801. The summed E-state index contributed by atoms with van der Waals surface area (Å²) in [5.41, 5.74) is 1.12. The zero-order valence-corrected chi connectivity index (χ0v) is 16.6. The van der Waals surface area contributed by atoms with Crippen molar-refractivity contribution in [2.45, 2.75) is 32.3 Å². The lowest BCUT2D eigenvalue weighted by molar-refractivity contribution is -0.132. The van der Waals surface area contributed by atoms with Gasteiger partial charge in [-0.3, -0.25) is 4.79 Å². The maximum absolute atomic E-state index is 12.6. The highest BCUT2D eigenvalue weighted by Crippen LogP contribution is 2.18.